The zero-order valence-corrected chi connectivity index (χ0v) is 30.4. The minimum Gasteiger partial charge on any atom is -0.493 e. The predicted octanol–water partition coefficient (Wildman–Crippen LogP) is 14.7. The van der Waals surface area contributed by atoms with Gasteiger partial charge in [0.2, 0.25) is 0 Å². The van der Waals surface area contributed by atoms with Crippen molar-refractivity contribution in [2.75, 3.05) is 13.2 Å². The first-order valence-corrected chi connectivity index (χ1v) is 18.7. The molecular formula is C44H48F8O2. The molecule has 0 fully saturated rings. The van der Waals surface area contributed by atoms with Crippen molar-refractivity contribution >= 4 is 0 Å². The van der Waals surface area contributed by atoms with Crippen molar-refractivity contribution in [3.05, 3.63) is 120 Å². The molecular weight excluding hydrogens is 712 g/mol. The van der Waals surface area contributed by atoms with E-state index in [1.54, 1.807) is 12.1 Å². The molecule has 0 N–H and O–H groups in total. The molecule has 0 heterocycles. The van der Waals surface area contributed by atoms with Gasteiger partial charge in [0.25, 0.3) is 0 Å². The van der Waals surface area contributed by atoms with Crippen LogP contribution in [0.1, 0.15) is 94.6 Å². The number of allylic oxidation sites excluding steroid dienone is 1. The summed E-state index contributed by atoms with van der Waals surface area (Å²) in [6.07, 6.45) is 6.88. The third kappa shape index (κ3) is 13.8. The highest BCUT2D eigenvalue weighted by atomic mass is 19.4. The molecule has 54 heavy (non-hydrogen) atoms. The summed E-state index contributed by atoms with van der Waals surface area (Å²) < 4.78 is 118. The van der Waals surface area contributed by atoms with Crippen LogP contribution >= 0.6 is 0 Å². The molecule has 0 unspecified atom stereocenters. The third-order valence-corrected chi connectivity index (χ3v) is 9.48. The topological polar surface area (TPSA) is 18.5 Å². The minimum atomic E-state index is -4.44. The van der Waals surface area contributed by atoms with Crippen molar-refractivity contribution in [3.63, 3.8) is 0 Å². The highest BCUT2D eigenvalue weighted by molar-refractivity contribution is 5.66. The van der Waals surface area contributed by atoms with E-state index in [0.29, 0.717) is 41.8 Å². The number of benzene rings is 4. The van der Waals surface area contributed by atoms with Crippen LogP contribution < -0.4 is 9.47 Å². The van der Waals surface area contributed by atoms with Crippen molar-refractivity contribution in [1.82, 2.24) is 0 Å². The van der Waals surface area contributed by atoms with Gasteiger partial charge in [0, 0.05) is 23.3 Å². The highest BCUT2D eigenvalue weighted by Crippen LogP contribution is 2.34. The second kappa shape index (κ2) is 20.9. The van der Waals surface area contributed by atoms with Crippen molar-refractivity contribution in [2.24, 2.45) is 5.92 Å². The maximum atomic E-state index is 14.7. The molecule has 0 atom stereocenters. The van der Waals surface area contributed by atoms with Gasteiger partial charge in [0.1, 0.15) is 23.1 Å². The molecule has 0 amide bonds. The third-order valence-electron chi connectivity index (χ3n) is 9.48. The van der Waals surface area contributed by atoms with E-state index >= 15 is 0 Å². The predicted molar refractivity (Wildman–Crippen MR) is 198 cm³/mol. The number of alkyl halides is 6. The van der Waals surface area contributed by atoms with E-state index in [1.165, 1.54) is 48.5 Å². The Morgan fingerprint density at radius 1 is 0.500 bits per heavy atom. The molecule has 0 aliphatic rings. The molecule has 0 aliphatic heterocycles. The first kappa shape index (κ1) is 42.4. The van der Waals surface area contributed by atoms with Crippen LogP contribution in [0.3, 0.4) is 0 Å². The lowest BCUT2D eigenvalue weighted by molar-refractivity contribution is -0.138. The van der Waals surface area contributed by atoms with Crippen LogP contribution in [0, 0.1) is 17.6 Å². The van der Waals surface area contributed by atoms with Crippen molar-refractivity contribution in [1.29, 1.82) is 0 Å². The van der Waals surface area contributed by atoms with Crippen LogP contribution in [0.25, 0.3) is 22.3 Å². The number of halogens is 8. The summed E-state index contributed by atoms with van der Waals surface area (Å²) in [5.74, 6) is 0.315. The fourth-order valence-corrected chi connectivity index (χ4v) is 6.44. The van der Waals surface area contributed by atoms with E-state index < -0.39 is 35.1 Å². The quantitative estimate of drug-likeness (QED) is 0.0451. The average Bonchev–Trinajstić information content (AvgIpc) is 3.13. The Labute approximate surface area is 313 Å². The Kier molecular flexibility index (Phi) is 16.4. The SMILES string of the molecule is C=CCC(CCCCCCCOc1ccc(-c2ccc(C(F)(F)F)cc2)c(F)c1)CCCCCCCOc1ccc(-c2ccc(C(F)(F)F)cc2)c(F)c1. The molecule has 292 valence electrons. The molecule has 4 rings (SSSR count). The second-order valence-corrected chi connectivity index (χ2v) is 13.6. The minimum absolute atomic E-state index is 0.220. The molecule has 4 aromatic rings. The van der Waals surface area contributed by atoms with Crippen LogP contribution in [0.5, 0.6) is 11.5 Å². The zero-order chi connectivity index (χ0) is 39.0. The molecule has 4 aromatic carbocycles. The van der Waals surface area contributed by atoms with Crippen LogP contribution in [-0.4, -0.2) is 13.2 Å². The van der Waals surface area contributed by atoms with Crippen molar-refractivity contribution in [2.45, 2.75) is 95.8 Å². The molecule has 0 saturated carbocycles. The summed E-state index contributed by atoms with van der Waals surface area (Å²) in [6.45, 7) is 4.86. The van der Waals surface area contributed by atoms with Crippen LogP contribution in [-0.2, 0) is 12.4 Å². The van der Waals surface area contributed by atoms with E-state index in [1.807, 2.05) is 6.08 Å². The van der Waals surface area contributed by atoms with Crippen LogP contribution in [0.2, 0.25) is 0 Å². The lowest BCUT2D eigenvalue weighted by atomic mass is 9.91. The standard InChI is InChI=1S/C44H48F8O2/c1-2-13-32(14-9-5-3-7-11-28-53-37-24-26-39(41(45)30-37)33-16-20-35(21-17-33)43(47,48)49)15-10-6-4-8-12-29-54-38-25-27-40(42(46)31-38)34-18-22-36(23-19-34)44(50,51)52/h2,16-27,30-32H,1,3-15,28-29H2. The number of rotatable bonds is 22. The number of hydrogen-bond acceptors (Lipinski definition) is 2. The molecule has 2 nitrogen and oxygen atoms in total. The van der Waals surface area contributed by atoms with Gasteiger partial charge in [-0.05, 0) is 84.8 Å². The van der Waals surface area contributed by atoms with Gasteiger partial charge in [-0.2, -0.15) is 26.3 Å². The van der Waals surface area contributed by atoms with E-state index in [0.717, 1.165) is 108 Å². The number of ether oxygens (including phenoxy) is 2. The van der Waals surface area contributed by atoms with Gasteiger partial charge in [-0.1, -0.05) is 94.5 Å². The van der Waals surface area contributed by atoms with Gasteiger partial charge in [0.15, 0.2) is 0 Å². The van der Waals surface area contributed by atoms with Gasteiger partial charge >= 0.3 is 12.4 Å². The van der Waals surface area contributed by atoms with E-state index in [2.05, 4.69) is 6.58 Å². The maximum absolute atomic E-state index is 14.7. The van der Waals surface area contributed by atoms with Gasteiger partial charge in [0.05, 0.1) is 24.3 Å². The summed E-state index contributed by atoms with van der Waals surface area (Å²) in [7, 11) is 0. The molecule has 0 radical (unpaired) electrons. The Bertz CT molecular complexity index is 1590. The summed E-state index contributed by atoms with van der Waals surface area (Å²) in [6, 6.07) is 17.7. The Hall–Kier alpha value is -4.34. The second-order valence-electron chi connectivity index (χ2n) is 13.6. The summed E-state index contributed by atoms with van der Waals surface area (Å²) >= 11 is 0. The van der Waals surface area contributed by atoms with Crippen LogP contribution in [0.15, 0.2) is 97.6 Å². The van der Waals surface area contributed by atoms with Crippen LogP contribution in [0.4, 0.5) is 35.1 Å². The Morgan fingerprint density at radius 2 is 0.870 bits per heavy atom. The first-order chi connectivity index (χ1) is 25.8. The maximum Gasteiger partial charge on any atom is 0.416 e. The highest BCUT2D eigenvalue weighted by Gasteiger charge is 2.31. The van der Waals surface area contributed by atoms with Crippen molar-refractivity contribution < 1.29 is 44.6 Å². The van der Waals surface area contributed by atoms with Crippen molar-refractivity contribution in [3.8, 4) is 33.8 Å². The van der Waals surface area contributed by atoms with E-state index in [-0.39, 0.29) is 11.1 Å². The average molecular weight is 761 g/mol. The molecule has 10 heteroatoms. The number of hydrogen-bond donors (Lipinski definition) is 0. The Balaban J connectivity index is 1.02. The summed E-state index contributed by atoms with van der Waals surface area (Å²) in [4.78, 5) is 0. The molecule has 0 bridgehead atoms. The number of unbranched alkanes of at least 4 members (excludes halogenated alkanes) is 8. The fourth-order valence-electron chi connectivity index (χ4n) is 6.44. The van der Waals surface area contributed by atoms with Gasteiger partial charge in [-0.25, -0.2) is 8.78 Å². The molecule has 0 saturated heterocycles. The van der Waals surface area contributed by atoms with Gasteiger partial charge in [-0.3, -0.25) is 0 Å². The summed E-state index contributed by atoms with van der Waals surface area (Å²) in [5.41, 5.74) is -0.376. The molecule has 0 aromatic heterocycles. The molecule has 0 spiro atoms. The van der Waals surface area contributed by atoms with Gasteiger partial charge in [-0.15, -0.1) is 6.58 Å². The normalized spacial score (nSPS) is 11.9. The lowest BCUT2D eigenvalue weighted by Crippen LogP contribution is -2.04. The van der Waals surface area contributed by atoms with E-state index in [4.69, 9.17) is 9.47 Å². The Morgan fingerprint density at radius 3 is 1.22 bits per heavy atom. The fraction of sp³-hybridized carbons (Fsp3) is 0.409. The molecule has 0 aliphatic carbocycles. The largest absolute Gasteiger partial charge is 0.493 e. The zero-order valence-electron chi connectivity index (χ0n) is 30.4. The van der Waals surface area contributed by atoms with E-state index in [9.17, 15) is 35.1 Å². The summed E-state index contributed by atoms with van der Waals surface area (Å²) in [5, 5.41) is 0. The van der Waals surface area contributed by atoms with Gasteiger partial charge < -0.3 is 9.47 Å². The first-order valence-electron chi connectivity index (χ1n) is 18.7. The lowest BCUT2D eigenvalue weighted by Gasteiger charge is -2.15. The smallest absolute Gasteiger partial charge is 0.416 e. The monoisotopic (exact) mass is 760 g/mol.